The summed E-state index contributed by atoms with van der Waals surface area (Å²) in [5, 5.41) is 3.11. The molecule has 1 aliphatic rings. The smallest absolute Gasteiger partial charge is 0.251 e. The lowest BCUT2D eigenvalue weighted by Gasteiger charge is -2.37. The molecule has 0 saturated carbocycles. The first-order valence-corrected chi connectivity index (χ1v) is 10.8. The van der Waals surface area contributed by atoms with Crippen molar-refractivity contribution in [2.75, 3.05) is 44.7 Å². The topological polar surface area (TPSA) is 59.1 Å². The number of amides is 1. The van der Waals surface area contributed by atoms with Crippen molar-refractivity contribution in [1.82, 2.24) is 5.32 Å². The lowest BCUT2D eigenvalue weighted by Crippen LogP contribution is -3.15. The van der Waals surface area contributed by atoms with E-state index in [2.05, 4.69) is 22.3 Å². The fourth-order valence-electron chi connectivity index (χ4n) is 4.13. The van der Waals surface area contributed by atoms with E-state index in [1.807, 2.05) is 55.5 Å². The van der Waals surface area contributed by atoms with Gasteiger partial charge in [0, 0.05) is 11.3 Å². The molecule has 0 bridgehead atoms. The van der Waals surface area contributed by atoms with Crippen LogP contribution in [0.2, 0.25) is 0 Å². The van der Waals surface area contributed by atoms with Crippen LogP contribution >= 0.6 is 0 Å². The van der Waals surface area contributed by atoms with Crippen LogP contribution in [0.3, 0.4) is 0 Å². The maximum Gasteiger partial charge on any atom is 0.251 e. The van der Waals surface area contributed by atoms with Crippen molar-refractivity contribution >= 4 is 11.6 Å². The summed E-state index contributed by atoms with van der Waals surface area (Å²) in [5.74, 6) is 1.74. The van der Waals surface area contributed by atoms with Gasteiger partial charge in [0.1, 0.15) is 5.75 Å². The van der Waals surface area contributed by atoms with Gasteiger partial charge in [0.05, 0.1) is 46.1 Å². The number of hydrogen-bond donors (Lipinski definition) is 2. The Bertz CT molecular complexity index is 960. The van der Waals surface area contributed by atoms with Gasteiger partial charge in [-0.2, -0.15) is 0 Å². The highest BCUT2D eigenvalue weighted by Crippen LogP contribution is 2.19. The molecule has 1 fully saturated rings. The maximum atomic E-state index is 12.6. The third-order valence-electron chi connectivity index (χ3n) is 6.00. The Morgan fingerprint density at radius 2 is 1.81 bits per heavy atom. The molecule has 162 valence electrons. The van der Waals surface area contributed by atoms with Gasteiger partial charge in [0.2, 0.25) is 0 Å². The van der Waals surface area contributed by atoms with E-state index in [9.17, 15) is 4.79 Å². The summed E-state index contributed by atoms with van der Waals surface area (Å²) >= 11 is 0. The molecule has 2 N–H and O–H groups in total. The molecule has 1 aliphatic heterocycles. The molecule has 1 amide bonds. The number of furan rings is 1. The minimum Gasteiger partial charge on any atom is -0.497 e. The fraction of sp³-hybridized carbons (Fsp3) is 0.320. The van der Waals surface area contributed by atoms with Gasteiger partial charge in [-0.05, 0) is 55.5 Å². The number of rotatable bonds is 7. The molecular weight excluding hydrogens is 390 g/mol. The van der Waals surface area contributed by atoms with Crippen molar-refractivity contribution in [2.24, 2.45) is 0 Å². The van der Waals surface area contributed by atoms with Crippen LogP contribution in [0.1, 0.15) is 27.7 Å². The molecule has 1 saturated heterocycles. The van der Waals surface area contributed by atoms with Crippen LogP contribution in [-0.2, 0) is 0 Å². The van der Waals surface area contributed by atoms with Crippen LogP contribution in [-0.4, -0.2) is 45.7 Å². The average molecular weight is 421 g/mol. The van der Waals surface area contributed by atoms with Crippen molar-refractivity contribution in [1.29, 1.82) is 0 Å². The predicted octanol–water partition coefficient (Wildman–Crippen LogP) is 2.47. The molecule has 6 heteroatoms. The summed E-state index contributed by atoms with van der Waals surface area (Å²) in [6.45, 7) is 6.40. The molecule has 0 aliphatic carbocycles. The molecule has 3 aromatic rings. The van der Waals surface area contributed by atoms with Crippen molar-refractivity contribution in [2.45, 2.75) is 13.0 Å². The number of methoxy groups -OCH3 is 1. The number of hydrogen-bond acceptors (Lipinski definition) is 4. The van der Waals surface area contributed by atoms with Crippen molar-refractivity contribution in [3.63, 3.8) is 0 Å². The van der Waals surface area contributed by atoms with E-state index < -0.39 is 0 Å². The van der Waals surface area contributed by atoms with Gasteiger partial charge in [-0.25, -0.2) is 0 Å². The van der Waals surface area contributed by atoms with Gasteiger partial charge in [0.15, 0.2) is 11.8 Å². The average Bonchev–Trinajstić information content (AvgIpc) is 3.35. The van der Waals surface area contributed by atoms with Crippen molar-refractivity contribution in [3.05, 3.63) is 83.8 Å². The zero-order chi connectivity index (χ0) is 21.6. The second-order valence-electron chi connectivity index (χ2n) is 7.99. The monoisotopic (exact) mass is 420 g/mol. The molecule has 1 aromatic heterocycles. The molecule has 0 radical (unpaired) electrons. The Morgan fingerprint density at radius 3 is 2.42 bits per heavy atom. The van der Waals surface area contributed by atoms with E-state index in [1.165, 1.54) is 10.6 Å². The van der Waals surface area contributed by atoms with Crippen molar-refractivity contribution in [3.8, 4) is 5.75 Å². The van der Waals surface area contributed by atoms with Crippen LogP contribution in [0.4, 0.5) is 5.69 Å². The normalized spacial score (nSPS) is 15.5. The minimum atomic E-state index is -0.0483. The lowest BCUT2D eigenvalue weighted by molar-refractivity contribution is -0.932. The van der Waals surface area contributed by atoms with Gasteiger partial charge in [-0.3, -0.25) is 4.79 Å². The van der Waals surface area contributed by atoms with E-state index in [0.29, 0.717) is 12.1 Å². The highest BCUT2D eigenvalue weighted by molar-refractivity contribution is 5.94. The number of benzene rings is 2. The molecule has 2 heterocycles. The number of aryl methyl sites for hydroxylation is 1. The number of carbonyl (C=O) groups excluding carboxylic acids is 1. The van der Waals surface area contributed by atoms with Gasteiger partial charge in [-0.1, -0.05) is 17.7 Å². The first-order valence-electron chi connectivity index (χ1n) is 10.8. The standard InChI is InChI=1S/C25H29N3O3/c1-19-5-7-20(8-6-19)25(29)26-18-23(24-4-3-17-31-24)28-15-13-27(14-16-28)21-9-11-22(30-2)12-10-21/h3-12,17,23H,13-16,18H2,1-2H3,(H,26,29)/p+1/t23-/m0/s1. The van der Waals surface area contributed by atoms with Gasteiger partial charge < -0.3 is 24.3 Å². The molecule has 6 nitrogen and oxygen atoms in total. The zero-order valence-electron chi connectivity index (χ0n) is 18.1. The van der Waals surface area contributed by atoms with E-state index >= 15 is 0 Å². The van der Waals surface area contributed by atoms with Crippen LogP contribution in [0, 0.1) is 6.92 Å². The minimum absolute atomic E-state index is 0.0483. The third-order valence-corrected chi connectivity index (χ3v) is 6.00. The van der Waals surface area contributed by atoms with Gasteiger partial charge in [-0.15, -0.1) is 0 Å². The number of ether oxygens (including phenoxy) is 1. The lowest BCUT2D eigenvalue weighted by atomic mass is 10.1. The van der Waals surface area contributed by atoms with E-state index in [4.69, 9.17) is 9.15 Å². The van der Waals surface area contributed by atoms with Crippen LogP contribution in [0.25, 0.3) is 0 Å². The second kappa shape index (κ2) is 9.71. The quantitative estimate of drug-likeness (QED) is 0.617. The summed E-state index contributed by atoms with van der Waals surface area (Å²) in [7, 11) is 1.68. The Kier molecular flexibility index (Phi) is 6.57. The number of quaternary nitrogens is 1. The molecule has 1 atom stereocenters. The first kappa shape index (κ1) is 21.0. The van der Waals surface area contributed by atoms with Crippen LogP contribution in [0.5, 0.6) is 5.75 Å². The third kappa shape index (κ3) is 5.09. The van der Waals surface area contributed by atoms with Crippen LogP contribution in [0.15, 0.2) is 71.3 Å². The molecule has 2 aromatic carbocycles. The number of nitrogens with zero attached hydrogens (tertiary/aromatic N) is 1. The summed E-state index contributed by atoms with van der Waals surface area (Å²) < 4.78 is 11.0. The van der Waals surface area contributed by atoms with E-state index in [1.54, 1.807) is 13.4 Å². The maximum absolute atomic E-state index is 12.6. The number of nitrogens with one attached hydrogen (secondary N) is 2. The summed E-state index contributed by atoms with van der Waals surface area (Å²) in [6, 6.07) is 19.9. The van der Waals surface area contributed by atoms with Gasteiger partial charge in [0.25, 0.3) is 5.91 Å². The molecule has 0 unspecified atom stereocenters. The number of piperazine rings is 1. The van der Waals surface area contributed by atoms with Crippen molar-refractivity contribution < 1.29 is 18.8 Å². The zero-order valence-corrected chi connectivity index (χ0v) is 18.1. The van der Waals surface area contributed by atoms with E-state index in [-0.39, 0.29) is 11.9 Å². The summed E-state index contributed by atoms with van der Waals surface area (Å²) in [5.41, 5.74) is 3.04. The highest BCUT2D eigenvalue weighted by Gasteiger charge is 2.31. The Labute approximate surface area is 183 Å². The molecular formula is C25H30N3O3+. The number of carbonyl (C=O) groups is 1. The van der Waals surface area contributed by atoms with E-state index in [0.717, 1.165) is 43.3 Å². The van der Waals surface area contributed by atoms with Gasteiger partial charge >= 0.3 is 0 Å². The summed E-state index contributed by atoms with van der Waals surface area (Å²) in [4.78, 5) is 16.4. The second-order valence-corrected chi connectivity index (χ2v) is 7.99. The number of anilines is 1. The molecule has 0 spiro atoms. The fourth-order valence-corrected chi connectivity index (χ4v) is 4.13. The highest BCUT2D eigenvalue weighted by atomic mass is 16.5. The first-order chi connectivity index (χ1) is 15.1. The Morgan fingerprint density at radius 1 is 1.10 bits per heavy atom. The Balaban J connectivity index is 1.39. The van der Waals surface area contributed by atoms with Crippen LogP contribution < -0.4 is 19.9 Å². The largest absolute Gasteiger partial charge is 0.497 e. The SMILES string of the molecule is COc1ccc(N2CC[NH+]([C@@H](CNC(=O)c3ccc(C)cc3)c3ccco3)CC2)cc1. The predicted molar refractivity (Wildman–Crippen MR) is 121 cm³/mol. The summed E-state index contributed by atoms with van der Waals surface area (Å²) in [6.07, 6.45) is 1.71. The molecule has 31 heavy (non-hydrogen) atoms. The Hall–Kier alpha value is -3.25. The molecule has 4 rings (SSSR count).